The molecule has 70 valence electrons. The highest BCUT2D eigenvalue weighted by molar-refractivity contribution is 5.83. The van der Waals surface area contributed by atoms with E-state index in [1.807, 2.05) is 13.8 Å². The molecule has 1 N–H and O–H groups in total. The zero-order valence-corrected chi connectivity index (χ0v) is 7.96. The van der Waals surface area contributed by atoms with E-state index in [-0.39, 0.29) is 24.2 Å². The van der Waals surface area contributed by atoms with Gasteiger partial charge in [-0.3, -0.25) is 4.79 Å². The van der Waals surface area contributed by atoms with Gasteiger partial charge in [0.05, 0.1) is 6.10 Å². The van der Waals surface area contributed by atoms with Gasteiger partial charge in [-0.25, -0.2) is 0 Å². The standard InChI is InChI=1S/C9H17NO2/c1-4-5-7-8(12-7)9(11)10-6(2)3/h6-8H,4-5H2,1-3H3,(H,10,11)/t7-,8+/m1/s1. The lowest BCUT2D eigenvalue weighted by atomic mass is 10.2. The maximum Gasteiger partial charge on any atom is 0.252 e. The second-order valence-corrected chi connectivity index (χ2v) is 3.55. The quantitative estimate of drug-likeness (QED) is 0.643. The van der Waals surface area contributed by atoms with E-state index in [1.54, 1.807) is 0 Å². The summed E-state index contributed by atoms with van der Waals surface area (Å²) >= 11 is 0. The molecule has 3 heteroatoms. The minimum absolute atomic E-state index is 0.0449. The monoisotopic (exact) mass is 171 g/mol. The first kappa shape index (κ1) is 9.52. The molecule has 0 aromatic carbocycles. The molecular formula is C9H17NO2. The highest BCUT2D eigenvalue weighted by atomic mass is 16.6. The predicted molar refractivity (Wildman–Crippen MR) is 46.8 cm³/mol. The molecule has 0 aromatic heterocycles. The van der Waals surface area contributed by atoms with E-state index >= 15 is 0 Å². The predicted octanol–water partition coefficient (Wildman–Crippen LogP) is 1.08. The van der Waals surface area contributed by atoms with Crippen molar-refractivity contribution < 1.29 is 9.53 Å². The fourth-order valence-electron chi connectivity index (χ4n) is 1.24. The van der Waals surface area contributed by atoms with Crippen molar-refractivity contribution in [2.45, 2.75) is 51.9 Å². The maximum absolute atomic E-state index is 11.3. The van der Waals surface area contributed by atoms with Gasteiger partial charge in [0.15, 0.2) is 6.10 Å². The highest BCUT2D eigenvalue weighted by Gasteiger charge is 2.43. The molecular weight excluding hydrogens is 154 g/mol. The minimum Gasteiger partial charge on any atom is -0.359 e. The van der Waals surface area contributed by atoms with Crippen molar-refractivity contribution in [1.29, 1.82) is 0 Å². The van der Waals surface area contributed by atoms with E-state index in [4.69, 9.17) is 4.74 Å². The normalized spacial score (nSPS) is 27.3. The molecule has 2 atom stereocenters. The summed E-state index contributed by atoms with van der Waals surface area (Å²) in [6.45, 7) is 6.00. The summed E-state index contributed by atoms with van der Waals surface area (Å²) in [6.07, 6.45) is 2.10. The summed E-state index contributed by atoms with van der Waals surface area (Å²) in [5.74, 6) is 0.0449. The van der Waals surface area contributed by atoms with E-state index in [1.165, 1.54) is 0 Å². The van der Waals surface area contributed by atoms with Gasteiger partial charge >= 0.3 is 0 Å². The van der Waals surface area contributed by atoms with Crippen molar-refractivity contribution in [3.63, 3.8) is 0 Å². The molecule has 1 fully saturated rings. The molecule has 0 spiro atoms. The lowest BCUT2D eigenvalue weighted by Gasteiger charge is -2.05. The molecule has 1 rings (SSSR count). The number of epoxide rings is 1. The molecule has 1 amide bonds. The third-order valence-electron chi connectivity index (χ3n) is 1.85. The maximum atomic E-state index is 11.3. The summed E-state index contributed by atoms with van der Waals surface area (Å²) in [5.41, 5.74) is 0. The smallest absolute Gasteiger partial charge is 0.252 e. The van der Waals surface area contributed by atoms with Crippen LogP contribution >= 0.6 is 0 Å². The average molecular weight is 171 g/mol. The molecule has 0 saturated carbocycles. The molecule has 1 heterocycles. The molecule has 0 unspecified atom stereocenters. The fraction of sp³-hybridized carbons (Fsp3) is 0.889. The number of carbonyl (C=O) groups excluding carboxylic acids is 1. The summed E-state index contributed by atoms with van der Waals surface area (Å²) in [7, 11) is 0. The van der Waals surface area contributed by atoms with Crippen molar-refractivity contribution in [1.82, 2.24) is 5.32 Å². The molecule has 0 aliphatic carbocycles. The van der Waals surface area contributed by atoms with Crippen LogP contribution in [-0.2, 0) is 9.53 Å². The summed E-state index contributed by atoms with van der Waals surface area (Å²) in [6, 6.07) is 0.212. The third kappa shape index (κ3) is 2.48. The first-order chi connectivity index (χ1) is 5.65. The van der Waals surface area contributed by atoms with Crippen molar-refractivity contribution in [2.24, 2.45) is 0 Å². The lowest BCUT2D eigenvalue weighted by Crippen LogP contribution is -2.34. The Morgan fingerprint density at radius 3 is 2.75 bits per heavy atom. The molecule has 12 heavy (non-hydrogen) atoms. The number of ether oxygens (including phenoxy) is 1. The largest absolute Gasteiger partial charge is 0.359 e. The van der Waals surface area contributed by atoms with Crippen LogP contribution in [-0.4, -0.2) is 24.2 Å². The van der Waals surface area contributed by atoms with E-state index in [2.05, 4.69) is 12.2 Å². The Labute approximate surface area is 73.5 Å². The molecule has 3 nitrogen and oxygen atoms in total. The van der Waals surface area contributed by atoms with E-state index < -0.39 is 0 Å². The van der Waals surface area contributed by atoms with Crippen LogP contribution in [0.3, 0.4) is 0 Å². The number of hydrogen-bond acceptors (Lipinski definition) is 2. The van der Waals surface area contributed by atoms with Crippen LogP contribution in [0.25, 0.3) is 0 Å². The summed E-state index contributed by atoms with van der Waals surface area (Å²) < 4.78 is 5.21. The van der Waals surface area contributed by atoms with Crippen LogP contribution in [0.2, 0.25) is 0 Å². The molecule has 0 bridgehead atoms. The van der Waals surface area contributed by atoms with Gasteiger partial charge in [0.1, 0.15) is 0 Å². The van der Waals surface area contributed by atoms with Crippen LogP contribution in [0.5, 0.6) is 0 Å². The number of nitrogens with one attached hydrogen (secondary N) is 1. The van der Waals surface area contributed by atoms with Crippen molar-refractivity contribution in [2.75, 3.05) is 0 Å². The van der Waals surface area contributed by atoms with Gasteiger partial charge in [-0.05, 0) is 20.3 Å². The summed E-state index contributed by atoms with van der Waals surface area (Å²) in [4.78, 5) is 11.3. The second kappa shape index (κ2) is 3.90. The van der Waals surface area contributed by atoms with Crippen LogP contribution in [0.1, 0.15) is 33.6 Å². The SMILES string of the molecule is CCC[C@H]1O[C@@H]1C(=O)NC(C)C. The van der Waals surface area contributed by atoms with Gasteiger partial charge in [-0.15, -0.1) is 0 Å². The van der Waals surface area contributed by atoms with Crippen LogP contribution in [0, 0.1) is 0 Å². The van der Waals surface area contributed by atoms with Crippen LogP contribution in [0.15, 0.2) is 0 Å². The van der Waals surface area contributed by atoms with Gasteiger partial charge in [0.25, 0.3) is 5.91 Å². The van der Waals surface area contributed by atoms with Crippen LogP contribution in [0.4, 0.5) is 0 Å². The van der Waals surface area contributed by atoms with Gasteiger partial charge in [0.2, 0.25) is 0 Å². The van der Waals surface area contributed by atoms with Crippen molar-refractivity contribution in [3.8, 4) is 0 Å². The van der Waals surface area contributed by atoms with Gasteiger partial charge in [-0.2, -0.15) is 0 Å². The average Bonchev–Trinajstić information content (AvgIpc) is 2.66. The molecule has 0 radical (unpaired) electrons. The van der Waals surface area contributed by atoms with Crippen molar-refractivity contribution >= 4 is 5.91 Å². The van der Waals surface area contributed by atoms with Crippen molar-refractivity contribution in [3.05, 3.63) is 0 Å². The van der Waals surface area contributed by atoms with Gasteiger partial charge in [-0.1, -0.05) is 13.3 Å². The van der Waals surface area contributed by atoms with E-state index in [9.17, 15) is 4.79 Å². The fourth-order valence-corrected chi connectivity index (χ4v) is 1.24. The Bertz CT molecular complexity index is 168. The number of carbonyl (C=O) groups is 1. The highest BCUT2D eigenvalue weighted by Crippen LogP contribution is 2.26. The van der Waals surface area contributed by atoms with Crippen LogP contribution < -0.4 is 5.32 Å². The van der Waals surface area contributed by atoms with Gasteiger partial charge in [0, 0.05) is 6.04 Å². The molecule has 1 aliphatic rings. The lowest BCUT2D eigenvalue weighted by molar-refractivity contribution is -0.122. The molecule has 0 aromatic rings. The molecule has 1 aliphatic heterocycles. The Morgan fingerprint density at radius 1 is 1.58 bits per heavy atom. The summed E-state index contributed by atoms with van der Waals surface area (Å²) in [5, 5.41) is 2.83. The first-order valence-electron chi connectivity index (χ1n) is 4.61. The Balaban J connectivity index is 2.19. The Hall–Kier alpha value is -0.570. The number of amides is 1. The molecule has 1 saturated heterocycles. The zero-order valence-electron chi connectivity index (χ0n) is 7.96. The Morgan fingerprint density at radius 2 is 2.25 bits per heavy atom. The topological polar surface area (TPSA) is 41.6 Å². The number of hydrogen-bond donors (Lipinski definition) is 1. The third-order valence-corrected chi connectivity index (χ3v) is 1.85. The first-order valence-corrected chi connectivity index (χ1v) is 4.61. The second-order valence-electron chi connectivity index (χ2n) is 3.55. The van der Waals surface area contributed by atoms with E-state index in [0.29, 0.717) is 0 Å². The Kier molecular flexibility index (Phi) is 3.09. The minimum atomic E-state index is -0.160. The van der Waals surface area contributed by atoms with E-state index in [0.717, 1.165) is 12.8 Å². The number of rotatable bonds is 4. The zero-order chi connectivity index (χ0) is 9.14. The van der Waals surface area contributed by atoms with Gasteiger partial charge < -0.3 is 10.1 Å².